The lowest BCUT2D eigenvalue weighted by Gasteiger charge is -2.08. The molecule has 3 aromatic rings. The van der Waals surface area contributed by atoms with Gasteiger partial charge in [-0.3, -0.25) is 9.59 Å². The first-order valence-corrected chi connectivity index (χ1v) is 7.53. The maximum absolute atomic E-state index is 12.8. The van der Waals surface area contributed by atoms with Crippen LogP contribution < -0.4 is 5.56 Å². The van der Waals surface area contributed by atoms with Crippen molar-refractivity contribution < 1.29 is 4.79 Å². The molecule has 2 heterocycles. The molecule has 0 aliphatic carbocycles. The number of carbonyl (C=O) groups is 1. The second-order valence-corrected chi connectivity index (χ2v) is 5.75. The van der Waals surface area contributed by atoms with Gasteiger partial charge in [0.15, 0.2) is 5.78 Å². The predicted molar refractivity (Wildman–Crippen MR) is 90.1 cm³/mol. The second kappa shape index (κ2) is 5.78. The number of Topliss-reactive ketones (excluding diaryl/α,β-unsaturated/α-hetero) is 1. The van der Waals surface area contributed by atoms with Crippen LogP contribution in [0.15, 0.2) is 29.1 Å². The molecule has 0 fully saturated rings. The molecule has 1 N–H and O–H groups in total. The first-order valence-electron chi connectivity index (χ1n) is 7.53. The predicted octanol–water partition coefficient (Wildman–Crippen LogP) is 2.40. The summed E-state index contributed by atoms with van der Waals surface area (Å²) in [7, 11) is 0. The van der Waals surface area contributed by atoms with Crippen LogP contribution in [0.2, 0.25) is 0 Å². The van der Waals surface area contributed by atoms with Gasteiger partial charge in [0.25, 0.3) is 5.56 Å². The van der Waals surface area contributed by atoms with E-state index in [0.717, 1.165) is 21.3 Å². The number of ketones is 1. The molecule has 120 valence electrons. The Hall–Kier alpha value is -3.20. The molecule has 0 bridgehead atoms. The van der Waals surface area contributed by atoms with Crippen LogP contribution in [0.5, 0.6) is 0 Å². The lowest BCUT2D eigenvalue weighted by atomic mass is 10.1. The van der Waals surface area contributed by atoms with Crippen molar-refractivity contribution in [1.82, 2.24) is 14.8 Å². The molecular formula is C18H16N4O2. The van der Waals surface area contributed by atoms with Gasteiger partial charge in [-0.1, -0.05) is 18.2 Å². The zero-order valence-electron chi connectivity index (χ0n) is 13.7. The minimum Gasteiger partial charge on any atom is -0.358 e. The third-order valence-electron chi connectivity index (χ3n) is 4.21. The number of aromatic nitrogens is 3. The average molecular weight is 320 g/mol. The van der Waals surface area contributed by atoms with E-state index >= 15 is 0 Å². The summed E-state index contributed by atoms with van der Waals surface area (Å²) in [6.07, 6.45) is 0. The quantitative estimate of drug-likeness (QED) is 0.750. The molecule has 6 nitrogen and oxygen atoms in total. The van der Waals surface area contributed by atoms with Gasteiger partial charge >= 0.3 is 0 Å². The highest BCUT2D eigenvalue weighted by atomic mass is 16.1. The van der Waals surface area contributed by atoms with Crippen molar-refractivity contribution in [2.24, 2.45) is 0 Å². The number of aryl methyl sites for hydroxylation is 2. The molecule has 0 radical (unpaired) electrons. The molecule has 2 aromatic heterocycles. The molecule has 6 heteroatoms. The molecule has 0 aliphatic heterocycles. The van der Waals surface area contributed by atoms with Crippen LogP contribution in [0.3, 0.4) is 0 Å². The molecule has 24 heavy (non-hydrogen) atoms. The van der Waals surface area contributed by atoms with Crippen LogP contribution in [0.4, 0.5) is 0 Å². The van der Waals surface area contributed by atoms with Gasteiger partial charge in [0, 0.05) is 22.2 Å². The molecule has 0 saturated carbocycles. The van der Waals surface area contributed by atoms with Crippen LogP contribution >= 0.6 is 0 Å². The average Bonchev–Trinajstić information content (AvgIpc) is 2.89. The number of hydrogen-bond donors (Lipinski definition) is 1. The number of H-pyrrole nitrogens is 1. The van der Waals surface area contributed by atoms with Crippen molar-refractivity contribution in [2.45, 2.75) is 27.3 Å². The van der Waals surface area contributed by atoms with Gasteiger partial charge < -0.3 is 4.98 Å². The van der Waals surface area contributed by atoms with Gasteiger partial charge in [-0.25, -0.2) is 4.68 Å². The number of para-hydroxylation sites is 1. The Morgan fingerprint density at radius 2 is 2.00 bits per heavy atom. The van der Waals surface area contributed by atoms with Crippen molar-refractivity contribution in [2.75, 3.05) is 0 Å². The van der Waals surface area contributed by atoms with E-state index in [2.05, 4.69) is 10.1 Å². The number of benzene rings is 1. The smallest absolute Gasteiger partial charge is 0.285 e. The SMILES string of the molecule is Cc1nn(CC(=O)c2c(C)[nH]c3ccccc23)c(=O)c(C#N)c1C. The van der Waals surface area contributed by atoms with Gasteiger partial charge in [0.1, 0.15) is 18.2 Å². The Labute approximate surface area is 138 Å². The minimum absolute atomic E-state index is 0.0333. The number of fused-ring (bicyclic) bond motifs is 1. The topological polar surface area (TPSA) is 91.5 Å². The number of nitrogens with zero attached hydrogens (tertiary/aromatic N) is 3. The molecule has 0 atom stereocenters. The van der Waals surface area contributed by atoms with E-state index in [9.17, 15) is 14.9 Å². The third kappa shape index (κ3) is 2.40. The summed E-state index contributed by atoms with van der Waals surface area (Å²) in [5, 5.41) is 14.2. The number of rotatable bonds is 3. The van der Waals surface area contributed by atoms with Crippen LogP contribution in [0.25, 0.3) is 10.9 Å². The largest absolute Gasteiger partial charge is 0.358 e. The van der Waals surface area contributed by atoms with Crippen molar-refractivity contribution in [1.29, 1.82) is 5.26 Å². The van der Waals surface area contributed by atoms with E-state index < -0.39 is 5.56 Å². The fraction of sp³-hybridized carbons (Fsp3) is 0.222. The lowest BCUT2D eigenvalue weighted by Crippen LogP contribution is -2.30. The van der Waals surface area contributed by atoms with Gasteiger partial charge in [0.2, 0.25) is 0 Å². The van der Waals surface area contributed by atoms with E-state index in [1.807, 2.05) is 37.3 Å². The third-order valence-corrected chi connectivity index (χ3v) is 4.21. The Morgan fingerprint density at radius 3 is 2.71 bits per heavy atom. The van der Waals surface area contributed by atoms with E-state index in [1.165, 1.54) is 0 Å². The zero-order valence-corrected chi connectivity index (χ0v) is 13.7. The van der Waals surface area contributed by atoms with Gasteiger partial charge in [-0.05, 0) is 32.4 Å². The number of carbonyl (C=O) groups excluding carboxylic acids is 1. The number of hydrogen-bond acceptors (Lipinski definition) is 4. The molecular weight excluding hydrogens is 304 g/mol. The minimum atomic E-state index is -0.536. The molecule has 0 aliphatic rings. The van der Waals surface area contributed by atoms with Crippen LogP contribution in [0, 0.1) is 32.1 Å². The maximum Gasteiger partial charge on any atom is 0.285 e. The Bertz CT molecular complexity index is 1070. The van der Waals surface area contributed by atoms with E-state index in [1.54, 1.807) is 13.8 Å². The molecule has 0 amide bonds. The molecule has 3 rings (SSSR count). The maximum atomic E-state index is 12.8. The van der Waals surface area contributed by atoms with Crippen molar-refractivity contribution in [3.05, 3.63) is 62.7 Å². The van der Waals surface area contributed by atoms with E-state index in [4.69, 9.17) is 0 Å². The highest BCUT2D eigenvalue weighted by molar-refractivity contribution is 6.09. The first-order chi connectivity index (χ1) is 11.4. The Balaban J connectivity index is 2.08. The second-order valence-electron chi connectivity index (χ2n) is 5.75. The first kappa shape index (κ1) is 15.7. The van der Waals surface area contributed by atoms with Gasteiger partial charge in [-0.2, -0.15) is 10.4 Å². The Morgan fingerprint density at radius 1 is 1.29 bits per heavy atom. The lowest BCUT2D eigenvalue weighted by molar-refractivity contribution is 0.0966. The van der Waals surface area contributed by atoms with Crippen LogP contribution in [-0.2, 0) is 6.54 Å². The van der Waals surface area contributed by atoms with E-state index in [-0.39, 0.29) is 17.9 Å². The normalized spacial score (nSPS) is 10.8. The summed E-state index contributed by atoms with van der Waals surface area (Å²) in [5.74, 6) is -0.216. The number of nitriles is 1. The Kier molecular flexibility index (Phi) is 3.78. The number of aromatic amines is 1. The fourth-order valence-electron chi connectivity index (χ4n) is 2.86. The van der Waals surface area contributed by atoms with E-state index in [0.29, 0.717) is 16.8 Å². The zero-order chi connectivity index (χ0) is 17.4. The monoisotopic (exact) mass is 320 g/mol. The summed E-state index contributed by atoms with van der Waals surface area (Å²) < 4.78 is 1.07. The van der Waals surface area contributed by atoms with Crippen molar-refractivity contribution >= 4 is 16.7 Å². The van der Waals surface area contributed by atoms with Crippen LogP contribution in [-0.4, -0.2) is 20.5 Å². The molecule has 0 unspecified atom stereocenters. The molecule has 0 spiro atoms. The summed E-state index contributed by atoms with van der Waals surface area (Å²) in [5.41, 5.74) is 2.78. The van der Waals surface area contributed by atoms with Gasteiger partial charge in [-0.15, -0.1) is 0 Å². The highest BCUT2D eigenvalue weighted by Crippen LogP contribution is 2.22. The van der Waals surface area contributed by atoms with Gasteiger partial charge in [0.05, 0.1) is 5.69 Å². The standard InChI is InChI=1S/C18H16N4O2/c1-10-11(2)21-22(18(24)14(10)8-19)9-16(23)17-12(3)20-15-7-5-4-6-13(15)17/h4-7,20H,9H2,1-3H3. The summed E-state index contributed by atoms with van der Waals surface area (Å²) in [6, 6.07) is 9.42. The summed E-state index contributed by atoms with van der Waals surface area (Å²) in [6.45, 7) is 5.02. The van der Waals surface area contributed by atoms with Crippen molar-refractivity contribution in [3.63, 3.8) is 0 Å². The highest BCUT2D eigenvalue weighted by Gasteiger charge is 2.19. The molecule has 1 aromatic carbocycles. The van der Waals surface area contributed by atoms with Crippen LogP contribution in [0.1, 0.15) is 32.9 Å². The summed E-state index contributed by atoms with van der Waals surface area (Å²) >= 11 is 0. The summed E-state index contributed by atoms with van der Waals surface area (Å²) in [4.78, 5) is 28.3. The fourth-order valence-corrected chi connectivity index (χ4v) is 2.86. The van der Waals surface area contributed by atoms with Crippen molar-refractivity contribution in [3.8, 4) is 6.07 Å². The number of nitrogens with one attached hydrogen (secondary N) is 1. The molecule has 0 saturated heterocycles.